The number of hydrogen-bond acceptors (Lipinski definition) is 3. The van der Waals surface area contributed by atoms with Crippen LogP contribution in [-0.2, 0) is 11.3 Å². The lowest BCUT2D eigenvalue weighted by Gasteiger charge is -2.26. The number of benzene rings is 2. The molecule has 4 nitrogen and oxygen atoms in total. The highest BCUT2D eigenvalue weighted by atomic mass is 32.2. The third-order valence-electron chi connectivity index (χ3n) is 4.65. The van der Waals surface area contributed by atoms with Crippen molar-refractivity contribution in [2.75, 3.05) is 12.9 Å². The minimum absolute atomic E-state index is 0.0783. The zero-order chi connectivity index (χ0) is 18.1. The number of carbonyl (C=O) groups excluding carboxylic acids is 1. The molecule has 2 aromatic carbocycles. The van der Waals surface area contributed by atoms with Crippen LogP contribution >= 0.6 is 11.8 Å². The van der Waals surface area contributed by atoms with E-state index in [4.69, 9.17) is 4.74 Å². The molecule has 1 amide bonds. The van der Waals surface area contributed by atoms with Gasteiger partial charge >= 0.3 is 0 Å². The Bertz CT molecular complexity index is 970. The first kappa shape index (κ1) is 17.0. The van der Waals surface area contributed by atoms with E-state index in [9.17, 15) is 9.18 Å². The van der Waals surface area contributed by atoms with Crippen molar-refractivity contribution in [2.45, 2.75) is 23.9 Å². The maximum Gasteiger partial charge on any atom is 0.240 e. The van der Waals surface area contributed by atoms with Gasteiger partial charge in [-0.25, -0.2) is 4.39 Å². The summed E-state index contributed by atoms with van der Waals surface area (Å²) in [6, 6.07) is 12.7. The lowest BCUT2D eigenvalue weighted by molar-refractivity contribution is -0.122. The molecule has 0 spiro atoms. The van der Waals surface area contributed by atoms with Gasteiger partial charge < -0.3 is 14.6 Å². The summed E-state index contributed by atoms with van der Waals surface area (Å²) in [7, 11) is 1.63. The highest BCUT2D eigenvalue weighted by molar-refractivity contribution is 7.99. The second-order valence-electron chi connectivity index (χ2n) is 6.28. The van der Waals surface area contributed by atoms with E-state index in [0.717, 1.165) is 34.4 Å². The first-order valence-corrected chi connectivity index (χ1v) is 9.48. The molecule has 134 valence electrons. The molecule has 0 saturated heterocycles. The number of hydrogen-bond donors (Lipinski definition) is 1. The molecule has 1 aliphatic rings. The molecule has 0 aliphatic carbocycles. The number of amides is 1. The molecule has 1 N–H and O–H groups in total. The van der Waals surface area contributed by atoms with Crippen LogP contribution in [0.1, 0.15) is 18.0 Å². The molecule has 0 bridgehead atoms. The Morgan fingerprint density at radius 1 is 1.35 bits per heavy atom. The van der Waals surface area contributed by atoms with Crippen LogP contribution < -0.4 is 10.1 Å². The van der Waals surface area contributed by atoms with Crippen molar-refractivity contribution >= 4 is 28.6 Å². The predicted octanol–water partition coefficient (Wildman–Crippen LogP) is 4.14. The fourth-order valence-electron chi connectivity index (χ4n) is 3.37. The molecule has 1 atom stereocenters. The van der Waals surface area contributed by atoms with E-state index in [1.54, 1.807) is 13.2 Å². The van der Waals surface area contributed by atoms with Gasteiger partial charge in [-0.3, -0.25) is 4.79 Å². The number of nitrogens with zero attached hydrogens (tertiary/aromatic N) is 1. The van der Waals surface area contributed by atoms with Gasteiger partial charge in [0.05, 0.1) is 13.2 Å². The SMILES string of the molecule is COc1ccc2c(ccn2CC(=O)NC2CCSc3c(F)cccc32)c1. The Kier molecular flexibility index (Phi) is 4.59. The van der Waals surface area contributed by atoms with E-state index in [0.29, 0.717) is 4.90 Å². The summed E-state index contributed by atoms with van der Waals surface area (Å²) in [5.74, 6) is 1.30. The molecule has 1 aliphatic heterocycles. The second kappa shape index (κ2) is 7.03. The van der Waals surface area contributed by atoms with Crippen LogP contribution in [0.5, 0.6) is 5.75 Å². The van der Waals surface area contributed by atoms with Gasteiger partial charge in [0.2, 0.25) is 5.91 Å². The summed E-state index contributed by atoms with van der Waals surface area (Å²) < 4.78 is 21.1. The lowest BCUT2D eigenvalue weighted by atomic mass is 10.0. The Balaban J connectivity index is 1.51. The Hall–Kier alpha value is -2.47. The third-order valence-corrected chi connectivity index (χ3v) is 5.81. The maximum atomic E-state index is 14.0. The molecule has 4 rings (SSSR count). The Labute approximate surface area is 155 Å². The Morgan fingerprint density at radius 3 is 3.08 bits per heavy atom. The predicted molar refractivity (Wildman–Crippen MR) is 101 cm³/mol. The fraction of sp³-hybridized carbons (Fsp3) is 0.250. The molecule has 1 aromatic heterocycles. The summed E-state index contributed by atoms with van der Waals surface area (Å²) in [6.45, 7) is 0.226. The largest absolute Gasteiger partial charge is 0.497 e. The van der Waals surface area contributed by atoms with Crippen molar-refractivity contribution in [3.05, 3.63) is 60.0 Å². The first-order chi connectivity index (χ1) is 12.7. The van der Waals surface area contributed by atoms with Crippen LogP contribution in [0, 0.1) is 5.82 Å². The van der Waals surface area contributed by atoms with Crippen LogP contribution in [0.2, 0.25) is 0 Å². The van der Waals surface area contributed by atoms with Crippen molar-refractivity contribution in [1.82, 2.24) is 9.88 Å². The van der Waals surface area contributed by atoms with Gasteiger partial charge in [-0.05, 0) is 42.3 Å². The molecule has 6 heteroatoms. The molecule has 0 fully saturated rings. The van der Waals surface area contributed by atoms with Gasteiger partial charge in [0.1, 0.15) is 18.1 Å². The minimum Gasteiger partial charge on any atom is -0.497 e. The maximum absolute atomic E-state index is 14.0. The highest BCUT2D eigenvalue weighted by Crippen LogP contribution is 2.37. The topological polar surface area (TPSA) is 43.3 Å². The molecule has 0 saturated carbocycles. The second-order valence-corrected chi connectivity index (χ2v) is 7.39. The number of fused-ring (bicyclic) bond motifs is 2. The number of ether oxygens (including phenoxy) is 1. The molecule has 2 heterocycles. The number of rotatable bonds is 4. The summed E-state index contributed by atoms with van der Waals surface area (Å²) in [5, 5.41) is 4.09. The summed E-state index contributed by atoms with van der Waals surface area (Å²) >= 11 is 1.51. The quantitative estimate of drug-likeness (QED) is 0.751. The molecular weight excluding hydrogens is 351 g/mol. The standard InChI is InChI=1S/C20H19FN2O2S/c1-25-14-5-6-18-13(11-14)7-9-23(18)12-19(24)22-17-8-10-26-20-15(17)3-2-4-16(20)21/h2-7,9,11,17H,8,10,12H2,1H3,(H,22,24). The smallest absolute Gasteiger partial charge is 0.240 e. The lowest BCUT2D eigenvalue weighted by Crippen LogP contribution is -2.33. The molecule has 26 heavy (non-hydrogen) atoms. The van der Waals surface area contributed by atoms with Crippen molar-refractivity contribution in [3.63, 3.8) is 0 Å². The molecule has 3 aromatic rings. The average molecular weight is 370 g/mol. The van der Waals surface area contributed by atoms with Gasteiger partial charge in [0.25, 0.3) is 0 Å². The molecular formula is C20H19FN2O2S. The van der Waals surface area contributed by atoms with Crippen molar-refractivity contribution in [1.29, 1.82) is 0 Å². The Morgan fingerprint density at radius 2 is 2.23 bits per heavy atom. The fourth-order valence-corrected chi connectivity index (χ4v) is 4.51. The molecule has 1 unspecified atom stereocenters. The monoisotopic (exact) mass is 370 g/mol. The van der Waals surface area contributed by atoms with E-state index in [1.807, 2.05) is 41.1 Å². The van der Waals surface area contributed by atoms with E-state index in [-0.39, 0.29) is 24.3 Å². The van der Waals surface area contributed by atoms with Crippen LogP contribution in [0.25, 0.3) is 10.9 Å². The van der Waals surface area contributed by atoms with Crippen LogP contribution in [0.3, 0.4) is 0 Å². The van der Waals surface area contributed by atoms with Gasteiger partial charge in [0.15, 0.2) is 0 Å². The summed E-state index contributed by atoms with van der Waals surface area (Å²) in [5.41, 5.74) is 1.85. The van der Waals surface area contributed by atoms with Crippen molar-refractivity contribution < 1.29 is 13.9 Å². The summed E-state index contributed by atoms with van der Waals surface area (Å²) in [6.07, 6.45) is 2.70. The van der Waals surface area contributed by atoms with Crippen LogP contribution in [0.15, 0.2) is 53.6 Å². The van der Waals surface area contributed by atoms with Crippen LogP contribution in [0.4, 0.5) is 4.39 Å². The van der Waals surface area contributed by atoms with E-state index < -0.39 is 0 Å². The normalized spacial score (nSPS) is 16.3. The number of nitrogens with one attached hydrogen (secondary N) is 1. The number of halogens is 1. The first-order valence-electron chi connectivity index (χ1n) is 8.49. The zero-order valence-electron chi connectivity index (χ0n) is 14.4. The highest BCUT2D eigenvalue weighted by Gasteiger charge is 2.24. The average Bonchev–Trinajstić information content (AvgIpc) is 3.04. The van der Waals surface area contributed by atoms with Gasteiger partial charge in [0, 0.05) is 27.7 Å². The summed E-state index contributed by atoms with van der Waals surface area (Å²) in [4.78, 5) is 13.2. The number of carbonyl (C=O) groups is 1. The third kappa shape index (κ3) is 3.17. The minimum atomic E-state index is -0.211. The number of thioether (sulfide) groups is 1. The van der Waals surface area contributed by atoms with Gasteiger partial charge in [-0.15, -0.1) is 11.8 Å². The molecule has 0 radical (unpaired) electrons. The number of aromatic nitrogens is 1. The zero-order valence-corrected chi connectivity index (χ0v) is 15.2. The van der Waals surface area contributed by atoms with E-state index in [2.05, 4.69) is 5.32 Å². The van der Waals surface area contributed by atoms with Gasteiger partial charge in [-0.2, -0.15) is 0 Å². The van der Waals surface area contributed by atoms with E-state index in [1.165, 1.54) is 17.8 Å². The van der Waals surface area contributed by atoms with Crippen molar-refractivity contribution in [3.8, 4) is 5.75 Å². The van der Waals surface area contributed by atoms with E-state index >= 15 is 0 Å². The van der Waals surface area contributed by atoms with Crippen molar-refractivity contribution in [2.24, 2.45) is 0 Å². The number of methoxy groups -OCH3 is 1. The van der Waals surface area contributed by atoms with Gasteiger partial charge in [-0.1, -0.05) is 12.1 Å². The van der Waals surface area contributed by atoms with Crippen LogP contribution in [-0.4, -0.2) is 23.3 Å².